The van der Waals surface area contributed by atoms with Gasteiger partial charge in [-0.1, -0.05) is 0 Å². The number of azo groups is 1. The molecule has 5 heterocycles. The van der Waals surface area contributed by atoms with Gasteiger partial charge >= 0.3 is 0 Å². The van der Waals surface area contributed by atoms with Gasteiger partial charge in [0.1, 0.15) is 10.5 Å². The van der Waals surface area contributed by atoms with E-state index in [1.807, 2.05) is 23.1 Å². The number of anilines is 1. The van der Waals surface area contributed by atoms with Crippen molar-refractivity contribution in [1.82, 2.24) is 24.3 Å². The predicted molar refractivity (Wildman–Crippen MR) is 105 cm³/mol. The van der Waals surface area contributed by atoms with Crippen LogP contribution in [0.15, 0.2) is 38.4 Å². The molecule has 0 saturated heterocycles. The summed E-state index contributed by atoms with van der Waals surface area (Å²) >= 11 is 2.91. The van der Waals surface area contributed by atoms with Gasteiger partial charge in [-0.25, -0.2) is 14.6 Å². The Balaban J connectivity index is 1.59. The van der Waals surface area contributed by atoms with E-state index < -0.39 is 0 Å². The molecule has 5 rings (SSSR count). The molecular weight excluding hydrogens is 384 g/mol. The van der Waals surface area contributed by atoms with Crippen LogP contribution >= 0.6 is 22.7 Å². The number of nitrogen functional groups attached to an aromatic ring is 1. The molecule has 0 spiro atoms. The summed E-state index contributed by atoms with van der Waals surface area (Å²) in [6, 6.07) is 0. The molecule has 4 aromatic rings. The van der Waals surface area contributed by atoms with Gasteiger partial charge in [-0.2, -0.15) is 15.3 Å². The van der Waals surface area contributed by atoms with Gasteiger partial charge < -0.3 is 10.3 Å². The van der Waals surface area contributed by atoms with Gasteiger partial charge in [0.05, 0.1) is 35.4 Å². The molecule has 27 heavy (non-hydrogen) atoms. The largest absolute Gasteiger partial charge is 0.375 e. The second-order valence-electron chi connectivity index (χ2n) is 6.16. The molecule has 0 amide bonds. The molecule has 2 N–H and O–H groups in total. The lowest BCUT2D eigenvalue weighted by Crippen LogP contribution is -2.24. The summed E-state index contributed by atoms with van der Waals surface area (Å²) in [7, 11) is 1.86. The fourth-order valence-electron chi connectivity index (χ4n) is 3.15. The van der Waals surface area contributed by atoms with Gasteiger partial charge in [0.2, 0.25) is 0 Å². The van der Waals surface area contributed by atoms with Gasteiger partial charge in [-0.05, 0) is 6.08 Å². The number of aromatic nitrogens is 5. The lowest BCUT2D eigenvalue weighted by atomic mass is 10.3. The van der Waals surface area contributed by atoms with Crippen LogP contribution in [0.1, 0.15) is 10.7 Å². The van der Waals surface area contributed by atoms with Crippen molar-refractivity contribution >= 4 is 49.1 Å². The van der Waals surface area contributed by atoms with Gasteiger partial charge in [-0.15, -0.1) is 22.7 Å². The third-order valence-corrected chi connectivity index (χ3v) is 6.19. The molecule has 0 radical (unpaired) electrons. The van der Waals surface area contributed by atoms with Crippen molar-refractivity contribution in [3.8, 4) is 0 Å². The highest BCUT2D eigenvalue weighted by Gasteiger charge is 2.19. The number of allylic oxidation sites excluding steroid dienone is 1. The first kappa shape index (κ1) is 16.3. The number of hydrogen-bond donors (Lipinski definition) is 1. The van der Waals surface area contributed by atoms with E-state index in [0.717, 1.165) is 32.1 Å². The normalized spacial score (nSPS) is 13.9. The van der Waals surface area contributed by atoms with Crippen LogP contribution in [0.5, 0.6) is 0 Å². The molecule has 136 valence electrons. The minimum Gasteiger partial charge on any atom is -0.375 e. The molecule has 1 aliphatic rings. The van der Waals surface area contributed by atoms with Crippen LogP contribution in [0.3, 0.4) is 0 Å². The summed E-state index contributed by atoms with van der Waals surface area (Å²) in [6.45, 7) is 0.927. The molecule has 0 unspecified atom stereocenters. The highest BCUT2D eigenvalue weighted by Crippen LogP contribution is 2.32. The minimum absolute atomic E-state index is 0.166. The number of hydrogen-bond acceptors (Lipinski definition) is 9. The van der Waals surface area contributed by atoms with E-state index in [1.165, 1.54) is 16.0 Å². The van der Waals surface area contributed by atoms with Crippen molar-refractivity contribution in [2.45, 2.75) is 13.0 Å². The number of thiazole rings is 2. The average molecular weight is 398 g/mol. The van der Waals surface area contributed by atoms with Crippen LogP contribution in [0.25, 0.3) is 21.3 Å². The Bertz CT molecular complexity index is 1310. The molecule has 0 aromatic carbocycles. The summed E-state index contributed by atoms with van der Waals surface area (Å²) in [5, 5.41) is 16.5. The topological polar surface area (TPSA) is 116 Å². The van der Waals surface area contributed by atoms with Crippen molar-refractivity contribution in [2.24, 2.45) is 17.3 Å². The zero-order valence-corrected chi connectivity index (χ0v) is 15.9. The van der Waals surface area contributed by atoms with Crippen molar-refractivity contribution in [3.63, 3.8) is 0 Å². The zero-order valence-electron chi connectivity index (χ0n) is 14.3. The molecular formula is C16H14N8OS2. The average Bonchev–Trinajstić information content (AvgIpc) is 3.40. The maximum atomic E-state index is 13.0. The van der Waals surface area contributed by atoms with Crippen LogP contribution in [0, 0.1) is 0 Å². The first-order valence-corrected chi connectivity index (χ1v) is 9.90. The number of nitrogens with zero attached hydrogens (tertiary/aromatic N) is 7. The van der Waals surface area contributed by atoms with Crippen molar-refractivity contribution in [3.05, 3.63) is 44.4 Å². The highest BCUT2D eigenvalue weighted by atomic mass is 32.1. The lowest BCUT2D eigenvalue weighted by molar-refractivity contribution is 0.635. The molecule has 9 nitrogen and oxygen atoms in total. The van der Waals surface area contributed by atoms with Gasteiger partial charge in [0, 0.05) is 24.2 Å². The lowest BCUT2D eigenvalue weighted by Gasteiger charge is -2.03. The fraction of sp³-hybridized carbons (Fsp3) is 0.250. The number of nitrogens with two attached hydrogens (primary N) is 1. The van der Waals surface area contributed by atoms with E-state index in [4.69, 9.17) is 10.7 Å². The van der Waals surface area contributed by atoms with Gasteiger partial charge in [0.25, 0.3) is 5.56 Å². The molecule has 11 heteroatoms. The maximum Gasteiger partial charge on any atom is 0.291 e. The number of fused-ring (bicyclic) bond motifs is 3. The zero-order chi connectivity index (χ0) is 18.5. The fourth-order valence-corrected chi connectivity index (χ4v) is 4.83. The van der Waals surface area contributed by atoms with E-state index in [1.54, 1.807) is 17.5 Å². The Hall–Kier alpha value is -2.92. The van der Waals surface area contributed by atoms with Crippen LogP contribution in [0.2, 0.25) is 0 Å². The van der Waals surface area contributed by atoms with Crippen molar-refractivity contribution in [2.75, 3.05) is 12.3 Å². The van der Waals surface area contributed by atoms with E-state index in [2.05, 4.69) is 20.3 Å². The molecule has 4 aromatic heterocycles. The number of rotatable bonds is 4. The molecule has 0 fully saturated rings. The monoisotopic (exact) mass is 398 g/mol. The smallest absolute Gasteiger partial charge is 0.291 e. The van der Waals surface area contributed by atoms with E-state index >= 15 is 0 Å². The van der Waals surface area contributed by atoms with Crippen molar-refractivity contribution in [1.29, 1.82) is 0 Å². The SMILES string of the molecule is Cn1c2nc(CC3=CCN=N3)sc2c2cnn(Cc3csc(N)n3)c(=O)c21. The first-order valence-electron chi connectivity index (χ1n) is 8.20. The Kier molecular flexibility index (Phi) is 3.65. The van der Waals surface area contributed by atoms with Crippen LogP contribution in [0.4, 0.5) is 5.13 Å². The third-order valence-electron chi connectivity index (χ3n) is 4.39. The Morgan fingerprint density at radius 2 is 2.22 bits per heavy atom. The van der Waals surface area contributed by atoms with Gasteiger partial charge in [0.15, 0.2) is 10.8 Å². The molecule has 0 bridgehead atoms. The van der Waals surface area contributed by atoms with E-state index in [-0.39, 0.29) is 5.56 Å². The molecule has 0 atom stereocenters. The summed E-state index contributed by atoms with van der Waals surface area (Å²) in [6.07, 6.45) is 4.38. The second kappa shape index (κ2) is 6.06. The van der Waals surface area contributed by atoms with Crippen LogP contribution in [-0.2, 0) is 20.0 Å². The predicted octanol–water partition coefficient (Wildman–Crippen LogP) is 2.32. The highest BCUT2D eigenvalue weighted by molar-refractivity contribution is 7.19. The van der Waals surface area contributed by atoms with Crippen LogP contribution < -0.4 is 11.3 Å². The first-order chi connectivity index (χ1) is 13.1. The second-order valence-corrected chi connectivity index (χ2v) is 8.14. The summed E-state index contributed by atoms with van der Waals surface area (Å²) in [4.78, 5) is 21.9. The maximum absolute atomic E-state index is 13.0. The van der Waals surface area contributed by atoms with Gasteiger partial charge in [-0.3, -0.25) is 4.79 Å². The van der Waals surface area contributed by atoms with Crippen molar-refractivity contribution < 1.29 is 0 Å². The Labute approximate surface area is 160 Å². The third kappa shape index (κ3) is 2.66. The summed E-state index contributed by atoms with van der Waals surface area (Å²) in [5.41, 5.74) is 8.53. The molecule has 0 aliphatic carbocycles. The standard InChI is InChI=1S/C16H14N8OS2/c1-23-12-10(5-19-24(15(12)25)6-9-7-26-16(17)20-9)13-14(23)21-11(27-13)4-8-2-3-18-22-8/h2,5,7H,3-4,6H2,1H3,(H2,17,20). The number of aryl methyl sites for hydroxylation is 1. The Morgan fingerprint density at radius 3 is 2.96 bits per heavy atom. The van der Waals surface area contributed by atoms with E-state index in [9.17, 15) is 4.79 Å². The molecule has 0 saturated carbocycles. The van der Waals surface area contributed by atoms with Crippen LogP contribution in [-0.4, -0.2) is 30.9 Å². The minimum atomic E-state index is -0.166. The summed E-state index contributed by atoms with van der Waals surface area (Å²) < 4.78 is 4.21. The molecule has 1 aliphatic heterocycles. The Morgan fingerprint density at radius 1 is 1.33 bits per heavy atom. The quantitative estimate of drug-likeness (QED) is 0.566. The van der Waals surface area contributed by atoms with E-state index in [0.29, 0.717) is 30.2 Å². The summed E-state index contributed by atoms with van der Waals surface area (Å²) in [5.74, 6) is 0.